The number of nitrogens with zero attached hydrogens (tertiary/aromatic N) is 2. The highest BCUT2D eigenvalue weighted by molar-refractivity contribution is 7.80. The first-order valence-electron chi connectivity index (χ1n) is 4.08. The Morgan fingerprint density at radius 2 is 2.23 bits per heavy atom. The molecule has 2 aromatic rings. The van der Waals surface area contributed by atoms with Crippen molar-refractivity contribution in [3.8, 4) is 0 Å². The van der Waals surface area contributed by atoms with Gasteiger partial charge in [-0.05, 0) is 19.1 Å². The van der Waals surface area contributed by atoms with E-state index in [4.69, 9.17) is 0 Å². The fourth-order valence-corrected chi connectivity index (χ4v) is 1.63. The first-order chi connectivity index (χ1) is 6.22. The Balaban J connectivity index is 2.84. The summed E-state index contributed by atoms with van der Waals surface area (Å²) in [5, 5.41) is 3.76. The molecule has 0 unspecified atom stereocenters. The summed E-state index contributed by atoms with van der Waals surface area (Å²) >= 11 is 4.23. The van der Waals surface area contributed by atoms with E-state index in [9.17, 15) is 0 Å². The minimum atomic E-state index is 0.719. The van der Waals surface area contributed by atoms with Gasteiger partial charge >= 0.3 is 0 Å². The number of anilines is 1. The van der Waals surface area contributed by atoms with Gasteiger partial charge in [0.15, 0.2) is 5.82 Å². The van der Waals surface area contributed by atoms with E-state index >= 15 is 0 Å². The van der Waals surface area contributed by atoms with E-state index in [1.54, 1.807) is 0 Å². The Labute approximate surface area is 82.2 Å². The Bertz CT molecular complexity index is 447. The monoisotopic (exact) mass is 193 g/mol. The summed E-state index contributed by atoms with van der Waals surface area (Å²) in [7, 11) is 1.86. The lowest BCUT2D eigenvalue weighted by Gasteiger charge is -2.05. The van der Waals surface area contributed by atoms with Crippen LogP contribution in [0.4, 0.5) is 5.82 Å². The van der Waals surface area contributed by atoms with Gasteiger partial charge in [-0.25, -0.2) is 4.98 Å². The molecule has 1 N–H and O–H groups in total. The van der Waals surface area contributed by atoms with E-state index in [1.165, 1.54) is 5.69 Å². The topological polar surface area (TPSA) is 29.3 Å². The van der Waals surface area contributed by atoms with Gasteiger partial charge in [-0.1, -0.05) is 0 Å². The van der Waals surface area contributed by atoms with Crippen LogP contribution in [-0.4, -0.2) is 16.4 Å². The molecule has 0 amide bonds. The minimum Gasteiger partial charge on any atom is -0.371 e. The predicted molar refractivity (Wildman–Crippen MR) is 56.7 cm³/mol. The maximum Gasteiger partial charge on any atom is 0.151 e. The van der Waals surface area contributed by atoms with Gasteiger partial charge in [0.1, 0.15) is 5.03 Å². The molecular formula is C9H11N3S. The van der Waals surface area contributed by atoms with E-state index in [0.717, 1.165) is 16.4 Å². The maximum atomic E-state index is 4.27. The number of nitrogens with one attached hydrogen (secondary N) is 1. The van der Waals surface area contributed by atoms with Crippen molar-refractivity contribution in [2.45, 2.75) is 11.9 Å². The summed E-state index contributed by atoms with van der Waals surface area (Å²) < 4.78 is 2.07. The fourth-order valence-electron chi connectivity index (χ4n) is 1.41. The summed E-state index contributed by atoms with van der Waals surface area (Å²) in [4.78, 5) is 4.27. The number of fused-ring (bicyclic) bond motifs is 1. The van der Waals surface area contributed by atoms with Crippen molar-refractivity contribution in [3.63, 3.8) is 0 Å². The normalized spacial score (nSPS) is 10.7. The lowest BCUT2D eigenvalue weighted by atomic mass is 10.5. The van der Waals surface area contributed by atoms with Gasteiger partial charge < -0.3 is 9.72 Å². The van der Waals surface area contributed by atoms with Gasteiger partial charge in [0.05, 0.1) is 5.52 Å². The molecular weight excluding hydrogens is 182 g/mol. The average Bonchev–Trinajstić information content (AvgIpc) is 2.47. The number of aromatic nitrogens is 2. The molecule has 13 heavy (non-hydrogen) atoms. The highest BCUT2D eigenvalue weighted by Gasteiger charge is 2.04. The zero-order chi connectivity index (χ0) is 9.42. The molecule has 0 atom stereocenters. The summed E-state index contributed by atoms with van der Waals surface area (Å²) in [5.74, 6) is 0.862. The Morgan fingerprint density at radius 1 is 1.46 bits per heavy atom. The van der Waals surface area contributed by atoms with Crippen LogP contribution in [0.3, 0.4) is 0 Å². The molecule has 2 rings (SSSR count). The number of hydrogen-bond acceptors (Lipinski definition) is 3. The molecule has 0 bridgehead atoms. The van der Waals surface area contributed by atoms with Crippen LogP contribution in [0.5, 0.6) is 0 Å². The third-order valence-electron chi connectivity index (χ3n) is 2.07. The lowest BCUT2D eigenvalue weighted by Crippen LogP contribution is -1.98. The molecule has 0 spiro atoms. The van der Waals surface area contributed by atoms with E-state index < -0.39 is 0 Å². The van der Waals surface area contributed by atoms with Crippen molar-refractivity contribution in [1.82, 2.24) is 9.38 Å². The van der Waals surface area contributed by atoms with Crippen molar-refractivity contribution >= 4 is 24.0 Å². The molecule has 0 aliphatic carbocycles. The SMILES string of the molecule is CNc1nc(S)cn2c(C)ccc12. The summed E-state index contributed by atoms with van der Waals surface area (Å²) in [6.07, 6.45) is 1.91. The summed E-state index contributed by atoms with van der Waals surface area (Å²) in [5.41, 5.74) is 2.27. The maximum absolute atomic E-state index is 4.27. The number of rotatable bonds is 1. The largest absolute Gasteiger partial charge is 0.371 e. The van der Waals surface area contributed by atoms with Crippen LogP contribution >= 0.6 is 12.6 Å². The number of aryl methyl sites for hydroxylation is 1. The molecule has 0 saturated carbocycles. The molecule has 2 aromatic heterocycles. The van der Waals surface area contributed by atoms with Crippen LogP contribution in [0.2, 0.25) is 0 Å². The highest BCUT2D eigenvalue weighted by Crippen LogP contribution is 2.19. The molecule has 0 fully saturated rings. The van der Waals surface area contributed by atoms with Crippen molar-refractivity contribution in [3.05, 3.63) is 24.0 Å². The lowest BCUT2D eigenvalue weighted by molar-refractivity contribution is 1.00. The van der Waals surface area contributed by atoms with Gasteiger partial charge in [0.2, 0.25) is 0 Å². The number of hydrogen-bond donors (Lipinski definition) is 2. The molecule has 0 saturated heterocycles. The second-order valence-corrected chi connectivity index (χ2v) is 3.39. The van der Waals surface area contributed by atoms with Crippen LogP contribution in [0.25, 0.3) is 5.52 Å². The molecule has 3 nitrogen and oxygen atoms in total. The smallest absolute Gasteiger partial charge is 0.151 e. The predicted octanol–water partition coefficient (Wildman–Crippen LogP) is 1.97. The van der Waals surface area contributed by atoms with E-state index in [1.807, 2.05) is 19.3 Å². The molecule has 2 heterocycles. The summed E-state index contributed by atoms with van der Waals surface area (Å²) in [6, 6.07) is 4.10. The van der Waals surface area contributed by atoms with Gasteiger partial charge in [-0.3, -0.25) is 0 Å². The van der Waals surface area contributed by atoms with Crippen LogP contribution in [0, 0.1) is 6.92 Å². The molecule has 0 radical (unpaired) electrons. The molecule has 4 heteroatoms. The van der Waals surface area contributed by atoms with Crippen molar-refractivity contribution in [2.24, 2.45) is 0 Å². The molecule has 68 valence electrons. The third-order valence-corrected chi connectivity index (χ3v) is 2.29. The minimum absolute atomic E-state index is 0.719. The van der Waals surface area contributed by atoms with E-state index in [0.29, 0.717) is 0 Å². The highest BCUT2D eigenvalue weighted by atomic mass is 32.1. The Hall–Kier alpha value is -1.16. The first-order valence-corrected chi connectivity index (χ1v) is 4.52. The fraction of sp³-hybridized carbons (Fsp3) is 0.222. The van der Waals surface area contributed by atoms with Crippen molar-refractivity contribution in [2.75, 3.05) is 12.4 Å². The van der Waals surface area contributed by atoms with E-state index in [2.05, 4.69) is 40.3 Å². The molecule has 0 aliphatic rings. The van der Waals surface area contributed by atoms with Gasteiger partial charge in [0, 0.05) is 18.9 Å². The van der Waals surface area contributed by atoms with Crippen molar-refractivity contribution in [1.29, 1.82) is 0 Å². The Kier molecular flexibility index (Phi) is 1.92. The van der Waals surface area contributed by atoms with Gasteiger partial charge in [0.25, 0.3) is 0 Å². The van der Waals surface area contributed by atoms with E-state index in [-0.39, 0.29) is 0 Å². The number of thiol groups is 1. The zero-order valence-corrected chi connectivity index (χ0v) is 8.47. The third kappa shape index (κ3) is 1.27. The Morgan fingerprint density at radius 3 is 2.92 bits per heavy atom. The van der Waals surface area contributed by atoms with Crippen LogP contribution in [0.15, 0.2) is 23.4 Å². The van der Waals surface area contributed by atoms with Crippen LogP contribution in [-0.2, 0) is 0 Å². The molecule has 0 aliphatic heterocycles. The summed E-state index contributed by atoms with van der Waals surface area (Å²) in [6.45, 7) is 2.06. The van der Waals surface area contributed by atoms with Crippen LogP contribution < -0.4 is 5.32 Å². The second kappa shape index (κ2) is 2.96. The first kappa shape index (κ1) is 8.44. The zero-order valence-electron chi connectivity index (χ0n) is 7.57. The van der Waals surface area contributed by atoms with Gasteiger partial charge in [-0.15, -0.1) is 12.6 Å². The quantitative estimate of drug-likeness (QED) is 0.678. The second-order valence-electron chi connectivity index (χ2n) is 2.93. The van der Waals surface area contributed by atoms with Crippen molar-refractivity contribution < 1.29 is 0 Å². The molecule has 0 aromatic carbocycles. The van der Waals surface area contributed by atoms with Crippen LogP contribution in [0.1, 0.15) is 5.69 Å². The van der Waals surface area contributed by atoms with Gasteiger partial charge in [-0.2, -0.15) is 0 Å². The standard InChI is InChI=1S/C9H11N3S/c1-6-3-4-7-9(10-2)11-8(13)5-12(6)7/h3-5,13H,1-2H3,(H,10,11). The average molecular weight is 193 g/mol.